The van der Waals surface area contributed by atoms with Crippen molar-refractivity contribution in [2.24, 2.45) is 0 Å². The number of fused-ring (bicyclic) bond motifs is 1. The quantitative estimate of drug-likeness (QED) is 0.832. The topological polar surface area (TPSA) is 21.3 Å². The van der Waals surface area contributed by atoms with Gasteiger partial charge in [0.2, 0.25) is 0 Å². The molecule has 1 aliphatic heterocycles. The van der Waals surface area contributed by atoms with Crippen molar-refractivity contribution >= 4 is 28.6 Å². The Morgan fingerprint density at radius 3 is 3.00 bits per heavy atom. The second-order valence-electron chi connectivity index (χ2n) is 4.15. The van der Waals surface area contributed by atoms with Crippen LogP contribution in [-0.2, 0) is 0 Å². The molecular formula is C13H12ClNOS. The molecule has 1 aliphatic rings. The first-order valence-corrected chi connectivity index (χ1v) is 6.67. The number of aryl methyl sites for hydroxylation is 1. The molecule has 0 fully saturated rings. The summed E-state index contributed by atoms with van der Waals surface area (Å²) in [5, 5.41) is 3.49. The van der Waals surface area contributed by atoms with E-state index in [2.05, 4.69) is 30.4 Å². The van der Waals surface area contributed by atoms with E-state index in [-0.39, 0.29) is 6.04 Å². The SMILES string of the molecule is Cc1ccc2c(c1)NC(c1ccc(Cl)s1)CO2. The van der Waals surface area contributed by atoms with Crippen LogP contribution in [0.4, 0.5) is 5.69 Å². The van der Waals surface area contributed by atoms with Crippen LogP contribution in [-0.4, -0.2) is 6.61 Å². The van der Waals surface area contributed by atoms with Crippen LogP contribution in [0.1, 0.15) is 16.5 Å². The van der Waals surface area contributed by atoms with Crippen LogP contribution >= 0.6 is 22.9 Å². The molecule has 0 amide bonds. The van der Waals surface area contributed by atoms with E-state index in [1.54, 1.807) is 11.3 Å². The van der Waals surface area contributed by atoms with E-state index >= 15 is 0 Å². The lowest BCUT2D eigenvalue weighted by Gasteiger charge is -2.27. The Morgan fingerprint density at radius 1 is 1.35 bits per heavy atom. The number of hydrogen-bond donors (Lipinski definition) is 1. The highest BCUT2D eigenvalue weighted by Gasteiger charge is 2.21. The Hall–Kier alpha value is -1.19. The second-order valence-corrected chi connectivity index (χ2v) is 5.90. The van der Waals surface area contributed by atoms with Gasteiger partial charge in [-0.1, -0.05) is 17.7 Å². The van der Waals surface area contributed by atoms with Gasteiger partial charge in [-0.2, -0.15) is 0 Å². The van der Waals surface area contributed by atoms with Crippen molar-refractivity contribution in [2.45, 2.75) is 13.0 Å². The number of thiophene rings is 1. The summed E-state index contributed by atoms with van der Waals surface area (Å²) in [5.74, 6) is 0.925. The number of ether oxygens (including phenoxy) is 1. The maximum Gasteiger partial charge on any atom is 0.142 e. The minimum absolute atomic E-state index is 0.196. The number of hydrogen-bond acceptors (Lipinski definition) is 3. The van der Waals surface area contributed by atoms with Gasteiger partial charge in [-0.3, -0.25) is 0 Å². The van der Waals surface area contributed by atoms with Crippen LogP contribution in [0.3, 0.4) is 0 Å². The summed E-state index contributed by atoms with van der Waals surface area (Å²) in [6.07, 6.45) is 0. The van der Waals surface area contributed by atoms with Crippen molar-refractivity contribution in [3.05, 3.63) is 45.1 Å². The third kappa shape index (κ3) is 2.13. The molecule has 0 aliphatic carbocycles. The summed E-state index contributed by atoms with van der Waals surface area (Å²) >= 11 is 7.55. The van der Waals surface area contributed by atoms with E-state index in [9.17, 15) is 0 Å². The molecule has 1 N–H and O–H groups in total. The van der Waals surface area contributed by atoms with Gasteiger partial charge in [0.1, 0.15) is 12.4 Å². The molecule has 0 spiro atoms. The molecule has 4 heteroatoms. The fraction of sp³-hybridized carbons (Fsp3) is 0.231. The maximum absolute atomic E-state index is 5.95. The molecule has 1 aromatic heterocycles. The summed E-state index contributed by atoms with van der Waals surface area (Å²) in [6, 6.07) is 10.3. The summed E-state index contributed by atoms with van der Waals surface area (Å²) < 4.78 is 6.57. The highest BCUT2D eigenvalue weighted by atomic mass is 35.5. The zero-order valence-electron chi connectivity index (χ0n) is 9.37. The van der Waals surface area contributed by atoms with Gasteiger partial charge < -0.3 is 10.1 Å². The largest absolute Gasteiger partial charge is 0.489 e. The van der Waals surface area contributed by atoms with Crippen molar-refractivity contribution in [3.8, 4) is 5.75 Å². The summed E-state index contributed by atoms with van der Waals surface area (Å²) in [6.45, 7) is 2.72. The Labute approximate surface area is 109 Å². The standard InChI is InChI=1S/C13H12ClNOS/c1-8-2-3-11-9(6-8)15-10(7-16-11)12-4-5-13(14)17-12/h2-6,10,15H,7H2,1H3. The molecule has 2 aromatic rings. The molecule has 2 heterocycles. The fourth-order valence-electron chi connectivity index (χ4n) is 1.95. The maximum atomic E-state index is 5.95. The van der Waals surface area contributed by atoms with E-state index in [4.69, 9.17) is 16.3 Å². The predicted molar refractivity (Wildman–Crippen MR) is 72.4 cm³/mol. The number of anilines is 1. The van der Waals surface area contributed by atoms with E-state index in [0.717, 1.165) is 15.8 Å². The lowest BCUT2D eigenvalue weighted by molar-refractivity contribution is 0.288. The second kappa shape index (κ2) is 4.24. The van der Waals surface area contributed by atoms with Crippen molar-refractivity contribution < 1.29 is 4.74 Å². The molecule has 2 nitrogen and oxygen atoms in total. The van der Waals surface area contributed by atoms with Gasteiger partial charge in [-0.25, -0.2) is 0 Å². The van der Waals surface area contributed by atoms with Crippen molar-refractivity contribution in [1.29, 1.82) is 0 Å². The van der Waals surface area contributed by atoms with Crippen LogP contribution in [0.5, 0.6) is 5.75 Å². The van der Waals surface area contributed by atoms with Crippen LogP contribution in [0.2, 0.25) is 4.34 Å². The number of benzene rings is 1. The average Bonchev–Trinajstić information content (AvgIpc) is 2.75. The summed E-state index contributed by atoms with van der Waals surface area (Å²) in [4.78, 5) is 1.21. The Balaban J connectivity index is 1.89. The zero-order chi connectivity index (χ0) is 11.8. The van der Waals surface area contributed by atoms with Crippen LogP contribution in [0.15, 0.2) is 30.3 Å². The van der Waals surface area contributed by atoms with Gasteiger partial charge >= 0.3 is 0 Å². The normalized spacial score (nSPS) is 18.1. The lowest BCUT2D eigenvalue weighted by atomic mass is 10.1. The fourth-order valence-corrected chi connectivity index (χ4v) is 3.05. The van der Waals surface area contributed by atoms with Crippen molar-refractivity contribution in [2.75, 3.05) is 11.9 Å². The van der Waals surface area contributed by atoms with Crippen molar-refractivity contribution in [1.82, 2.24) is 0 Å². The molecular weight excluding hydrogens is 254 g/mol. The molecule has 1 aromatic carbocycles. The number of rotatable bonds is 1. The van der Waals surface area contributed by atoms with Gasteiger partial charge in [-0.15, -0.1) is 11.3 Å². The van der Waals surface area contributed by atoms with Crippen LogP contribution < -0.4 is 10.1 Å². The molecule has 1 unspecified atom stereocenters. The van der Waals surface area contributed by atoms with E-state index < -0.39 is 0 Å². The number of halogens is 1. The molecule has 88 valence electrons. The first kappa shape index (κ1) is 10.9. The van der Waals surface area contributed by atoms with Gasteiger partial charge in [0.05, 0.1) is 16.1 Å². The van der Waals surface area contributed by atoms with Crippen LogP contribution in [0.25, 0.3) is 0 Å². The zero-order valence-corrected chi connectivity index (χ0v) is 10.9. The third-order valence-corrected chi connectivity index (χ3v) is 4.15. The molecule has 0 radical (unpaired) electrons. The molecule has 17 heavy (non-hydrogen) atoms. The third-order valence-electron chi connectivity index (χ3n) is 2.81. The molecule has 0 saturated heterocycles. The van der Waals surface area contributed by atoms with Gasteiger partial charge in [0.25, 0.3) is 0 Å². The minimum Gasteiger partial charge on any atom is -0.489 e. The highest BCUT2D eigenvalue weighted by molar-refractivity contribution is 7.16. The Bertz CT molecular complexity index is 552. The monoisotopic (exact) mass is 265 g/mol. The first-order chi connectivity index (χ1) is 8.22. The Kier molecular flexibility index (Phi) is 2.73. The average molecular weight is 266 g/mol. The Morgan fingerprint density at radius 2 is 2.24 bits per heavy atom. The predicted octanol–water partition coefficient (Wildman–Crippen LogP) is 4.26. The summed E-state index contributed by atoms with van der Waals surface area (Å²) in [5.41, 5.74) is 2.29. The van der Waals surface area contributed by atoms with E-state index in [0.29, 0.717) is 6.61 Å². The van der Waals surface area contributed by atoms with E-state index in [1.807, 2.05) is 12.1 Å². The van der Waals surface area contributed by atoms with Gasteiger partial charge in [-0.05, 0) is 36.8 Å². The number of nitrogens with one attached hydrogen (secondary N) is 1. The molecule has 1 atom stereocenters. The van der Waals surface area contributed by atoms with Crippen molar-refractivity contribution in [3.63, 3.8) is 0 Å². The molecule has 3 rings (SSSR count). The minimum atomic E-state index is 0.196. The smallest absolute Gasteiger partial charge is 0.142 e. The summed E-state index contributed by atoms with van der Waals surface area (Å²) in [7, 11) is 0. The highest BCUT2D eigenvalue weighted by Crippen LogP contribution is 2.37. The lowest BCUT2D eigenvalue weighted by Crippen LogP contribution is -2.23. The molecule has 0 bridgehead atoms. The first-order valence-electron chi connectivity index (χ1n) is 5.47. The van der Waals surface area contributed by atoms with E-state index in [1.165, 1.54) is 10.4 Å². The van der Waals surface area contributed by atoms with Crippen LogP contribution in [0, 0.1) is 6.92 Å². The van der Waals surface area contributed by atoms with Gasteiger partial charge in [0.15, 0.2) is 0 Å². The molecule has 0 saturated carbocycles. The van der Waals surface area contributed by atoms with Gasteiger partial charge in [0, 0.05) is 4.88 Å².